The van der Waals surface area contributed by atoms with E-state index in [0.717, 1.165) is 34.5 Å². The van der Waals surface area contributed by atoms with Gasteiger partial charge in [0.1, 0.15) is 17.0 Å². The number of thiazole rings is 1. The van der Waals surface area contributed by atoms with Gasteiger partial charge in [0.2, 0.25) is 0 Å². The van der Waals surface area contributed by atoms with Crippen molar-refractivity contribution in [2.75, 3.05) is 46.3 Å². The van der Waals surface area contributed by atoms with Crippen molar-refractivity contribution < 1.29 is 19.2 Å². The van der Waals surface area contributed by atoms with Crippen LogP contribution in [0.3, 0.4) is 0 Å². The van der Waals surface area contributed by atoms with Crippen molar-refractivity contribution in [3.8, 4) is 11.5 Å². The van der Waals surface area contributed by atoms with E-state index in [2.05, 4.69) is 14.1 Å². The van der Waals surface area contributed by atoms with Gasteiger partial charge in [-0.25, -0.2) is 4.98 Å². The number of nitrogens with one attached hydrogen (secondary N) is 1. The molecular weight excluding hydrogens is 386 g/mol. The molecule has 0 aliphatic heterocycles. The van der Waals surface area contributed by atoms with Gasteiger partial charge in [-0.1, -0.05) is 23.5 Å². The molecule has 1 heterocycles. The molecule has 0 aliphatic rings. The number of rotatable bonds is 8. The van der Waals surface area contributed by atoms with Crippen LogP contribution < -0.4 is 19.3 Å². The van der Waals surface area contributed by atoms with Crippen LogP contribution in [-0.2, 0) is 0 Å². The number of anilines is 1. The minimum absolute atomic E-state index is 0.0756. The van der Waals surface area contributed by atoms with Gasteiger partial charge in [0.15, 0.2) is 5.13 Å². The summed E-state index contributed by atoms with van der Waals surface area (Å²) in [5.74, 6) is 1.31. The van der Waals surface area contributed by atoms with E-state index in [0.29, 0.717) is 23.0 Å². The van der Waals surface area contributed by atoms with Crippen molar-refractivity contribution in [2.24, 2.45) is 0 Å². The molecule has 0 aliphatic carbocycles. The van der Waals surface area contributed by atoms with Crippen LogP contribution >= 0.6 is 11.3 Å². The van der Waals surface area contributed by atoms with Crippen LogP contribution in [0, 0.1) is 6.92 Å². The number of methoxy groups -OCH3 is 2. The highest BCUT2D eigenvalue weighted by Gasteiger charge is 2.23. The normalized spacial score (nSPS) is 11.1. The van der Waals surface area contributed by atoms with Gasteiger partial charge >= 0.3 is 0 Å². The topological polar surface area (TPSA) is 56.1 Å². The van der Waals surface area contributed by atoms with Crippen LogP contribution in [0.5, 0.6) is 11.5 Å². The third kappa shape index (κ3) is 4.68. The summed E-state index contributed by atoms with van der Waals surface area (Å²) in [6.07, 6.45) is 0.879. The zero-order chi connectivity index (χ0) is 21.0. The van der Waals surface area contributed by atoms with Crippen LogP contribution in [0.25, 0.3) is 10.2 Å². The van der Waals surface area contributed by atoms with E-state index in [-0.39, 0.29) is 5.91 Å². The van der Waals surface area contributed by atoms with Gasteiger partial charge in [-0.3, -0.25) is 9.69 Å². The lowest BCUT2D eigenvalue weighted by Crippen LogP contribution is -3.05. The monoisotopic (exact) mass is 414 g/mol. The second-order valence-corrected chi connectivity index (χ2v) is 8.24. The van der Waals surface area contributed by atoms with E-state index < -0.39 is 0 Å². The van der Waals surface area contributed by atoms with Crippen LogP contribution in [0.4, 0.5) is 5.13 Å². The molecule has 3 rings (SSSR count). The smallest absolute Gasteiger partial charge is 0.260 e. The number of ether oxygens (including phenoxy) is 2. The third-order valence-corrected chi connectivity index (χ3v) is 5.98. The van der Waals surface area contributed by atoms with Gasteiger partial charge in [0.05, 0.1) is 39.6 Å². The first kappa shape index (κ1) is 21.1. The van der Waals surface area contributed by atoms with Crippen LogP contribution in [0.15, 0.2) is 36.4 Å². The number of carbonyl (C=O) groups excluding carboxylic acids is 1. The van der Waals surface area contributed by atoms with E-state index in [1.165, 1.54) is 16.2 Å². The van der Waals surface area contributed by atoms with E-state index >= 15 is 0 Å². The van der Waals surface area contributed by atoms with Crippen molar-refractivity contribution in [1.82, 2.24) is 4.98 Å². The maximum Gasteiger partial charge on any atom is 0.260 e. The molecule has 0 saturated heterocycles. The highest BCUT2D eigenvalue weighted by atomic mass is 32.1. The van der Waals surface area contributed by atoms with Gasteiger partial charge in [0.25, 0.3) is 5.91 Å². The lowest BCUT2D eigenvalue weighted by molar-refractivity contribution is -0.858. The summed E-state index contributed by atoms with van der Waals surface area (Å²) < 4.78 is 11.8. The van der Waals surface area contributed by atoms with Crippen molar-refractivity contribution in [1.29, 1.82) is 0 Å². The maximum atomic E-state index is 13.4. The minimum Gasteiger partial charge on any atom is -0.497 e. The van der Waals surface area contributed by atoms with Gasteiger partial charge in [-0.05, 0) is 36.8 Å². The minimum atomic E-state index is -0.0756. The molecule has 1 amide bonds. The first-order valence-corrected chi connectivity index (χ1v) is 10.4. The highest BCUT2D eigenvalue weighted by molar-refractivity contribution is 7.22. The number of aryl methyl sites for hydroxylation is 1. The Morgan fingerprint density at radius 3 is 2.66 bits per heavy atom. The number of hydrogen-bond donors (Lipinski definition) is 1. The summed E-state index contributed by atoms with van der Waals surface area (Å²) in [5.41, 5.74) is 2.51. The number of quaternary nitrogens is 1. The summed E-state index contributed by atoms with van der Waals surface area (Å²) in [6, 6.07) is 11.2. The largest absolute Gasteiger partial charge is 0.497 e. The van der Waals surface area contributed by atoms with E-state index in [1.54, 1.807) is 25.2 Å². The summed E-state index contributed by atoms with van der Waals surface area (Å²) >= 11 is 1.53. The molecule has 154 valence electrons. The van der Waals surface area contributed by atoms with Crippen LogP contribution in [-0.4, -0.2) is 52.3 Å². The Balaban J connectivity index is 2.02. The zero-order valence-electron chi connectivity index (χ0n) is 17.6. The van der Waals surface area contributed by atoms with E-state index in [1.807, 2.05) is 37.3 Å². The van der Waals surface area contributed by atoms with Crippen molar-refractivity contribution in [2.45, 2.75) is 13.3 Å². The van der Waals surface area contributed by atoms with E-state index in [9.17, 15) is 4.79 Å². The number of carbonyl (C=O) groups is 1. The molecule has 0 unspecified atom stereocenters. The molecule has 0 fully saturated rings. The van der Waals surface area contributed by atoms with E-state index in [4.69, 9.17) is 14.5 Å². The molecule has 0 radical (unpaired) electrons. The quantitative estimate of drug-likeness (QED) is 0.616. The second kappa shape index (κ2) is 9.24. The molecule has 0 bridgehead atoms. The molecule has 3 aromatic rings. The molecule has 0 saturated carbocycles. The summed E-state index contributed by atoms with van der Waals surface area (Å²) in [4.78, 5) is 21.3. The van der Waals surface area contributed by atoms with Crippen molar-refractivity contribution in [3.05, 3.63) is 47.5 Å². The number of amides is 1. The molecular formula is C22H28N3O3S+. The number of hydrogen-bond acceptors (Lipinski definition) is 5. The number of benzene rings is 2. The number of aromatic nitrogens is 1. The van der Waals surface area contributed by atoms with Crippen LogP contribution in [0.1, 0.15) is 22.3 Å². The first-order chi connectivity index (χ1) is 13.9. The average Bonchev–Trinajstić information content (AvgIpc) is 3.17. The Morgan fingerprint density at radius 2 is 1.97 bits per heavy atom. The fraction of sp³-hybridized carbons (Fsp3) is 0.364. The van der Waals surface area contributed by atoms with Gasteiger partial charge in [0, 0.05) is 18.5 Å². The van der Waals surface area contributed by atoms with Gasteiger partial charge in [-0.15, -0.1) is 0 Å². The molecule has 7 heteroatoms. The summed E-state index contributed by atoms with van der Waals surface area (Å²) in [7, 11) is 7.46. The second-order valence-electron chi connectivity index (χ2n) is 7.26. The number of nitrogens with zero attached hydrogens (tertiary/aromatic N) is 2. The Labute approximate surface area is 175 Å². The predicted molar refractivity (Wildman–Crippen MR) is 118 cm³/mol. The van der Waals surface area contributed by atoms with Crippen LogP contribution in [0.2, 0.25) is 0 Å². The summed E-state index contributed by atoms with van der Waals surface area (Å²) in [6.45, 7) is 3.62. The lowest BCUT2D eigenvalue weighted by Gasteiger charge is -2.20. The zero-order valence-corrected chi connectivity index (χ0v) is 18.4. The van der Waals surface area contributed by atoms with Gasteiger partial charge in [-0.2, -0.15) is 0 Å². The molecule has 1 aromatic heterocycles. The predicted octanol–water partition coefficient (Wildman–Crippen LogP) is 2.80. The Bertz CT molecular complexity index is 1000. The maximum absolute atomic E-state index is 13.4. The standard InChI is InChI=1S/C22H27N3O3S/c1-15-10-11-18(28-5)19-20(15)29-22(23-19)25(13-7-12-24(2)3)21(26)16-8-6-9-17(14-16)27-4/h6,8-11,14H,7,12-13H2,1-5H3/p+1. The lowest BCUT2D eigenvalue weighted by atomic mass is 10.2. The SMILES string of the molecule is COc1cccc(C(=O)N(CCC[NH+](C)C)c2nc3c(OC)ccc(C)c3s2)c1. The molecule has 1 N–H and O–H groups in total. The third-order valence-electron chi connectivity index (χ3n) is 4.76. The fourth-order valence-corrected chi connectivity index (χ4v) is 4.24. The summed E-state index contributed by atoms with van der Waals surface area (Å²) in [5, 5.41) is 0.689. The molecule has 0 atom stereocenters. The van der Waals surface area contributed by atoms with Gasteiger partial charge < -0.3 is 14.4 Å². The molecule has 6 nitrogen and oxygen atoms in total. The molecule has 0 spiro atoms. The Hall–Kier alpha value is -2.64. The Kier molecular flexibility index (Phi) is 6.71. The van der Waals surface area contributed by atoms with Crippen molar-refractivity contribution >= 4 is 32.6 Å². The first-order valence-electron chi connectivity index (χ1n) is 9.63. The Morgan fingerprint density at radius 1 is 1.17 bits per heavy atom. The molecule has 29 heavy (non-hydrogen) atoms. The fourth-order valence-electron chi connectivity index (χ4n) is 3.17. The van der Waals surface area contributed by atoms with Crippen molar-refractivity contribution in [3.63, 3.8) is 0 Å². The average molecular weight is 415 g/mol. The molecule has 2 aromatic carbocycles. The highest BCUT2D eigenvalue weighted by Crippen LogP contribution is 2.37. The number of fused-ring (bicyclic) bond motifs is 1.